The van der Waals surface area contributed by atoms with Crippen LogP contribution in [0.5, 0.6) is 0 Å². The summed E-state index contributed by atoms with van der Waals surface area (Å²) in [5.74, 6) is 1.06. The molecule has 4 bridgehead atoms. The van der Waals surface area contributed by atoms with Gasteiger partial charge in [0.05, 0.1) is 5.60 Å². The molecule has 2 atom stereocenters. The lowest BCUT2D eigenvalue weighted by Crippen LogP contribution is -2.56. The SMILES string of the molecule is CC(=O)Nc1c(C)ccc(NC(=O)CC23C[C@H]4C[C@@H](CC(O)(C4)C2)C3)c1C. The summed E-state index contributed by atoms with van der Waals surface area (Å²) in [6.07, 6.45) is 6.46. The van der Waals surface area contributed by atoms with E-state index in [0.717, 1.165) is 54.6 Å². The fourth-order valence-electron chi connectivity index (χ4n) is 6.49. The maximum Gasteiger partial charge on any atom is 0.224 e. The van der Waals surface area contributed by atoms with Gasteiger partial charge in [-0.2, -0.15) is 0 Å². The Labute approximate surface area is 160 Å². The van der Waals surface area contributed by atoms with Crippen LogP contribution in [0.25, 0.3) is 0 Å². The molecule has 3 N–H and O–H groups in total. The second kappa shape index (κ2) is 6.33. The van der Waals surface area contributed by atoms with Crippen LogP contribution in [0.3, 0.4) is 0 Å². The van der Waals surface area contributed by atoms with Crippen LogP contribution in [0.2, 0.25) is 0 Å². The predicted molar refractivity (Wildman–Crippen MR) is 106 cm³/mol. The molecular weight excluding hydrogens is 340 g/mol. The zero-order chi connectivity index (χ0) is 19.4. The Morgan fingerprint density at radius 3 is 2.37 bits per heavy atom. The molecule has 4 fully saturated rings. The van der Waals surface area contributed by atoms with Crippen LogP contribution in [0.4, 0.5) is 11.4 Å². The molecule has 0 radical (unpaired) electrons. The standard InChI is InChI=1S/C22H30N2O3/c1-13-4-5-18(14(2)20(13)23-15(3)25)24-19(26)11-21-7-16-6-17(8-21)10-22(27,9-16)12-21/h4-5,16-17,27H,6-12H2,1-3H3,(H,23,25)(H,24,26)/t16-,17-,21?,22?/m1/s1. The van der Waals surface area contributed by atoms with E-state index in [1.54, 1.807) is 0 Å². The Morgan fingerprint density at radius 1 is 1.11 bits per heavy atom. The Kier molecular flexibility index (Phi) is 4.34. The zero-order valence-corrected chi connectivity index (χ0v) is 16.5. The molecule has 0 aromatic heterocycles. The van der Waals surface area contributed by atoms with Crippen molar-refractivity contribution < 1.29 is 14.7 Å². The number of hydrogen-bond donors (Lipinski definition) is 3. The molecule has 4 aliphatic carbocycles. The molecule has 5 nitrogen and oxygen atoms in total. The van der Waals surface area contributed by atoms with Crippen LogP contribution in [-0.4, -0.2) is 22.5 Å². The second-order valence-corrected chi connectivity index (χ2v) is 9.52. The topological polar surface area (TPSA) is 78.4 Å². The summed E-state index contributed by atoms with van der Waals surface area (Å²) < 4.78 is 0. The van der Waals surface area contributed by atoms with Gasteiger partial charge < -0.3 is 15.7 Å². The fraction of sp³-hybridized carbons (Fsp3) is 0.636. The van der Waals surface area contributed by atoms with Gasteiger partial charge in [-0.3, -0.25) is 9.59 Å². The van der Waals surface area contributed by atoms with Gasteiger partial charge in [0.2, 0.25) is 11.8 Å². The van der Waals surface area contributed by atoms with Crippen LogP contribution >= 0.6 is 0 Å². The number of benzene rings is 1. The van der Waals surface area contributed by atoms with E-state index in [2.05, 4.69) is 10.6 Å². The lowest BCUT2D eigenvalue weighted by Gasteiger charge is -2.60. The van der Waals surface area contributed by atoms with E-state index < -0.39 is 5.60 Å². The number of carbonyl (C=O) groups is 2. The van der Waals surface area contributed by atoms with Crippen molar-refractivity contribution in [2.24, 2.45) is 17.3 Å². The second-order valence-electron chi connectivity index (χ2n) is 9.52. The van der Waals surface area contributed by atoms with Crippen molar-refractivity contribution in [3.05, 3.63) is 23.3 Å². The molecule has 0 saturated heterocycles. The van der Waals surface area contributed by atoms with Crippen LogP contribution in [0.1, 0.15) is 63.0 Å². The van der Waals surface area contributed by atoms with Gasteiger partial charge in [0.25, 0.3) is 0 Å². The van der Waals surface area contributed by atoms with E-state index in [1.807, 2.05) is 26.0 Å². The highest BCUT2D eigenvalue weighted by atomic mass is 16.3. The van der Waals surface area contributed by atoms with Crippen LogP contribution in [-0.2, 0) is 9.59 Å². The molecule has 0 aliphatic heterocycles. The smallest absolute Gasteiger partial charge is 0.224 e. The van der Waals surface area contributed by atoms with Crippen molar-refractivity contribution >= 4 is 23.2 Å². The van der Waals surface area contributed by atoms with Gasteiger partial charge in [-0.15, -0.1) is 0 Å². The summed E-state index contributed by atoms with van der Waals surface area (Å²) in [5, 5.41) is 16.8. The predicted octanol–water partition coefficient (Wildman–Crippen LogP) is 3.92. The van der Waals surface area contributed by atoms with Crippen molar-refractivity contribution in [2.45, 2.75) is 71.3 Å². The number of rotatable bonds is 4. The molecule has 0 unspecified atom stereocenters. The number of hydrogen-bond acceptors (Lipinski definition) is 3. The van der Waals surface area contributed by atoms with E-state index in [9.17, 15) is 14.7 Å². The first kappa shape index (κ1) is 18.5. The highest BCUT2D eigenvalue weighted by molar-refractivity contribution is 5.96. The molecule has 5 rings (SSSR count). The first-order valence-electron chi connectivity index (χ1n) is 10.1. The van der Waals surface area contributed by atoms with Crippen molar-refractivity contribution in [2.75, 3.05) is 10.6 Å². The highest BCUT2D eigenvalue weighted by Gasteiger charge is 2.57. The van der Waals surface area contributed by atoms with Gasteiger partial charge >= 0.3 is 0 Å². The van der Waals surface area contributed by atoms with Gasteiger partial charge in [0.1, 0.15) is 0 Å². The van der Waals surface area contributed by atoms with Gasteiger partial charge in [0.15, 0.2) is 0 Å². The molecule has 1 aromatic rings. The quantitative estimate of drug-likeness (QED) is 0.752. The third kappa shape index (κ3) is 3.49. The van der Waals surface area contributed by atoms with Gasteiger partial charge in [-0.05, 0) is 86.8 Å². The molecule has 1 aromatic carbocycles. The zero-order valence-electron chi connectivity index (χ0n) is 16.5. The summed E-state index contributed by atoms with van der Waals surface area (Å²) in [7, 11) is 0. The van der Waals surface area contributed by atoms with Crippen molar-refractivity contribution in [3.63, 3.8) is 0 Å². The summed E-state index contributed by atoms with van der Waals surface area (Å²) in [4.78, 5) is 24.4. The first-order chi connectivity index (χ1) is 12.7. The molecule has 0 heterocycles. The molecule has 4 aliphatic rings. The van der Waals surface area contributed by atoms with E-state index in [4.69, 9.17) is 0 Å². The Bertz CT molecular complexity index is 787. The third-order valence-corrected chi connectivity index (χ3v) is 6.94. The van der Waals surface area contributed by atoms with Gasteiger partial charge in [0, 0.05) is 24.7 Å². The minimum absolute atomic E-state index is 0.0151. The maximum absolute atomic E-state index is 12.9. The molecule has 5 heteroatoms. The minimum Gasteiger partial charge on any atom is -0.390 e. The summed E-state index contributed by atoms with van der Waals surface area (Å²) in [6.45, 7) is 5.35. The van der Waals surface area contributed by atoms with Crippen LogP contribution < -0.4 is 10.6 Å². The summed E-state index contributed by atoms with van der Waals surface area (Å²) >= 11 is 0. The number of carbonyl (C=O) groups excluding carboxylic acids is 2. The maximum atomic E-state index is 12.9. The van der Waals surface area contributed by atoms with Gasteiger partial charge in [-0.1, -0.05) is 6.07 Å². The van der Waals surface area contributed by atoms with Gasteiger partial charge in [-0.25, -0.2) is 0 Å². The van der Waals surface area contributed by atoms with E-state index in [-0.39, 0.29) is 17.2 Å². The van der Waals surface area contributed by atoms with Crippen LogP contribution in [0, 0.1) is 31.1 Å². The molecule has 4 saturated carbocycles. The first-order valence-corrected chi connectivity index (χ1v) is 10.1. The molecular formula is C22H30N2O3. The van der Waals surface area contributed by atoms with Crippen molar-refractivity contribution in [1.82, 2.24) is 0 Å². The lowest BCUT2D eigenvalue weighted by atomic mass is 9.47. The summed E-state index contributed by atoms with van der Waals surface area (Å²) in [6, 6.07) is 3.82. The summed E-state index contributed by atoms with van der Waals surface area (Å²) in [5.41, 5.74) is 2.79. The van der Waals surface area contributed by atoms with Crippen molar-refractivity contribution in [3.8, 4) is 0 Å². The fourth-order valence-corrected chi connectivity index (χ4v) is 6.49. The molecule has 2 amide bonds. The third-order valence-electron chi connectivity index (χ3n) is 6.94. The number of amides is 2. The Hall–Kier alpha value is -1.88. The lowest BCUT2D eigenvalue weighted by molar-refractivity contribution is -0.167. The number of anilines is 2. The average molecular weight is 370 g/mol. The van der Waals surface area contributed by atoms with E-state index >= 15 is 0 Å². The number of aryl methyl sites for hydroxylation is 1. The minimum atomic E-state index is -0.539. The monoisotopic (exact) mass is 370 g/mol. The largest absolute Gasteiger partial charge is 0.390 e. The molecule has 146 valence electrons. The Morgan fingerprint density at radius 2 is 1.78 bits per heavy atom. The van der Waals surface area contributed by atoms with Crippen molar-refractivity contribution in [1.29, 1.82) is 0 Å². The average Bonchev–Trinajstić information content (AvgIpc) is 2.51. The number of aliphatic hydroxyl groups is 1. The Balaban J connectivity index is 1.50. The van der Waals surface area contributed by atoms with E-state index in [0.29, 0.717) is 18.3 Å². The molecule has 27 heavy (non-hydrogen) atoms. The molecule has 0 spiro atoms. The van der Waals surface area contributed by atoms with Crippen LogP contribution in [0.15, 0.2) is 12.1 Å². The van der Waals surface area contributed by atoms with E-state index in [1.165, 1.54) is 13.3 Å². The number of nitrogens with one attached hydrogen (secondary N) is 2. The highest BCUT2D eigenvalue weighted by Crippen LogP contribution is 2.62. The normalized spacial score (nSPS) is 33.8.